The Hall–Kier alpha value is 0.0900. The fourth-order valence-corrected chi connectivity index (χ4v) is 5.33. The summed E-state index contributed by atoms with van der Waals surface area (Å²) in [6.45, 7) is 8.06. The van der Waals surface area contributed by atoms with Gasteiger partial charge in [0.1, 0.15) is 0 Å². The summed E-state index contributed by atoms with van der Waals surface area (Å²) < 4.78 is 0. The van der Waals surface area contributed by atoms with Crippen molar-refractivity contribution in [3.05, 3.63) is 0 Å². The molecular weight excluding hydrogens is 371 g/mol. The largest absolute Gasteiger partial charge is 0.298 e. The Bertz CT molecular complexity index is 442. The number of hydrogen-bond donors (Lipinski definition) is 0. The zero-order chi connectivity index (χ0) is 18.1. The molecule has 0 aromatic carbocycles. The number of alkyl halides is 2. The molecule has 148 valence electrons. The SMILES string of the molecule is O=C(C(CCl)N1CCN(C2CC2)CC1)C(CCl)N1CCN(C2CC2)CC1. The Kier molecular flexibility index (Phi) is 6.44. The average molecular weight is 403 g/mol. The third kappa shape index (κ3) is 4.39. The maximum Gasteiger partial charge on any atom is 0.169 e. The van der Waals surface area contributed by atoms with Gasteiger partial charge in [-0.2, -0.15) is 0 Å². The highest BCUT2D eigenvalue weighted by Gasteiger charge is 2.39. The molecule has 26 heavy (non-hydrogen) atoms. The normalized spacial score (nSPS) is 29.6. The quantitative estimate of drug-likeness (QED) is 0.571. The molecule has 2 unspecified atom stereocenters. The summed E-state index contributed by atoms with van der Waals surface area (Å²) in [5.74, 6) is 0.977. The maximum absolute atomic E-state index is 13.3. The predicted molar refractivity (Wildman–Crippen MR) is 106 cm³/mol. The van der Waals surface area contributed by atoms with E-state index in [0.29, 0.717) is 11.8 Å². The highest BCUT2D eigenvalue weighted by molar-refractivity contribution is 6.22. The van der Waals surface area contributed by atoms with Gasteiger partial charge in [-0.3, -0.25) is 24.4 Å². The van der Waals surface area contributed by atoms with E-state index in [4.69, 9.17) is 23.2 Å². The fraction of sp³-hybridized carbons (Fsp3) is 0.947. The first-order chi connectivity index (χ1) is 12.7. The highest BCUT2D eigenvalue weighted by atomic mass is 35.5. The first-order valence-corrected chi connectivity index (χ1v) is 11.4. The Morgan fingerprint density at radius 1 is 0.692 bits per heavy atom. The molecular formula is C19H32Cl2N4O. The molecule has 4 rings (SSSR count). The van der Waals surface area contributed by atoms with E-state index in [1.54, 1.807) is 0 Å². The van der Waals surface area contributed by atoms with Gasteiger partial charge in [0.25, 0.3) is 0 Å². The summed E-state index contributed by atoms with van der Waals surface area (Å²) in [5.41, 5.74) is 0. The van der Waals surface area contributed by atoms with E-state index in [1.807, 2.05) is 0 Å². The molecule has 2 saturated heterocycles. The van der Waals surface area contributed by atoms with E-state index in [2.05, 4.69) is 19.6 Å². The monoisotopic (exact) mass is 402 g/mol. The number of hydrogen-bond acceptors (Lipinski definition) is 5. The van der Waals surface area contributed by atoms with Crippen molar-refractivity contribution in [3.8, 4) is 0 Å². The smallest absolute Gasteiger partial charge is 0.169 e. The predicted octanol–water partition coefficient (Wildman–Crippen LogP) is 1.33. The van der Waals surface area contributed by atoms with Gasteiger partial charge in [0.2, 0.25) is 0 Å². The minimum Gasteiger partial charge on any atom is -0.298 e. The second kappa shape index (κ2) is 8.62. The third-order valence-electron chi connectivity index (χ3n) is 6.65. The molecule has 2 saturated carbocycles. The lowest BCUT2D eigenvalue weighted by Crippen LogP contribution is -2.60. The first kappa shape index (κ1) is 19.4. The summed E-state index contributed by atoms with van der Waals surface area (Å²) in [4.78, 5) is 23.0. The van der Waals surface area contributed by atoms with E-state index in [0.717, 1.165) is 64.4 Å². The van der Waals surface area contributed by atoms with Crippen LogP contribution in [0.15, 0.2) is 0 Å². The zero-order valence-electron chi connectivity index (χ0n) is 15.7. The lowest BCUT2D eigenvalue weighted by Gasteiger charge is -2.42. The van der Waals surface area contributed by atoms with Gasteiger partial charge < -0.3 is 0 Å². The van der Waals surface area contributed by atoms with E-state index in [9.17, 15) is 4.79 Å². The number of nitrogens with zero attached hydrogens (tertiary/aromatic N) is 4. The number of piperazine rings is 2. The Labute approximate surface area is 167 Å². The van der Waals surface area contributed by atoms with E-state index < -0.39 is 0 Å². The van der Waals surface area contributed by atoms with Gasteiger partial charge in [-0.05, 0) is 25.7 Å². The van der Waals surface area contributed by atoms with Gasteiger partial charge in [-0.15, -0.1) is 23.2 Å². The van der Waals surface area contributed by atoms with Crippen molar-refractivity contribution < 1.29 is 4.79 Å². The van der Waals surface area contributed by atoms with E-state index in [1.165, 1.54) is 25.7 Å². The minimum atomic E-state index is -0.191. The highest BCUT2D eigenvalue weighted by Crippen LogP contribution is 2.29. The van der Waals surface area contributed by atoms with Crippen LogP contribution in [0.4, 0.5) is 0 Å². The fourth-order valence-electron chi connectivity index (χ4n) is 4.64. The molecule has 2 atom stereocenters. The van der Waals surface area contributed by atoms with E-state index >= 15 is 0 Å². The van der Waals surface area contributed by atoms with Crippen LogP contribution in [0.3, 0.4) is 0 Å². The molecule has 5 nitrogen and oxygen atoms in total. The number of carbonyl (C=O) groups is 1. The summed E-state index contributed by atoms with van der Waals surface area (Å²) in [6.07, 6.45) is 5.39. The average Bonchev–Trinajstić information content (AvgIpc) is 3.57. The topological polar surface area (TPSA) is 30.0 Å². The van der Waals surface area contributed by atoms with Gasteiger partial charge in [0.15, 0.2) is 5.78 Å². The molecule has 7 heteroatoms. The molecule has 2 heterocycles. The number of halogens is 2. The van der Waals surface area contributed by atoms with Crippen LogP contribution in [0.5, 0.6) is 0 Å². The second-order valence-corrected chi connectivity index (χ2v) is 8.97. The van der Waals surface area contributed by atoms with Crippen LogP contribution in [0.25, 0.3) is 0 Å². The van der Waals surface area contributed by atoms with Crippen molar-refractivity contribution >= 4 is 29.0 Å². The third-order valence-corrected chi connectivity index (χ3v) is 7.24. The van der Waals surface area contributed by atoms with Crippen molar-refractivity contribution in [2.75, 3.05) is 64.1 Å². The van der Waals surface area contributed by atoms with Gasteiger partial charge >= 0.3 is 0 Å². The first-order valence-electron chi connectivity index (χ1n) is 10.3. The van der Waals surface area contributed by atoms with Crippen molar-refractivity contribution in [1.29, 1.82) is 0 Å². The second-order valence-electron chi connectivity index (χ2n) is 8.35. The van der Waals surface area contributed by atoms with Crippen LogP contribution in [0, 0.1) is 0 Å². The lowest BCUT2D eigenvalue weighted by molar-refractivity contribution is -0.129. The molecule has 0 aromatic rings. The van der Waals surface area contributed by atoms with Crippen LogP contribution in [0.2, 0.25) is 0 Å². The minimum absolute atomic E-state index is 0.191. The molecule has 2 aliphatic carbocycles. The molecule has 0 aromatic heterocycles. The lowest BCUT2D eigenvalue weighted by atomic mass is 10.0. The van der Waals surface area contributed by atoms with Crippen molar-refractivity contribution in [2.24, 2.45) is 0 Å². The zero-order valence-corrected chi connectivity index (χ0v) is 17.2. The van der Waals surface area contributed by atoms with Crippen molar-refractivity contribution in [1.82, 2.24) is 19.6 Å². The summed E-state index contributed by atoms with van der Waals surface area (Å²) in [7, 11) is 0. The van der Waals surface area contributed by atoms with Gasteiger partial charge in [0.05, 0.1) is 12.1 Å². The van der Waals surface area contributed by atoms with Crippen LogP contribution in [-0.2, 0) is 4.79 Å². The molecule has 0 spiro atoms. The van der Waals surface area contributed by atoms with Crippen molar-refractivity contribution in [3.63, 3.8) is 0 Å². The standard InChI is InChI=1S/C19H32Cl2N4O/c20-13-17(24-9-5-22(6-10-24)15-1-2-15)19(26)18(14-21)25-11-7-23(8-12-25)16-3-4-16/h15-18H,1-14H2. The molecule has 4 fully saturated rings. The molecule has 0 radical (unpaired) electrons. The summed E-state index contributed by atoms with van der Waals surface area (Å²) in [6, 6.07) is 1.23. The molecule has 0 amide bonds. The van der Waals surface area contributed by atoms with Gasteiger partial charge in [-0.1, -0.05) is 0 Å². The van der Waals surface area contributed by atoms with E-state index in [-0.39, 0.29) is 17.9 Å². The number of rotatable bonds is 8. The van der Waals surface area contributed by atoms with Gasteiger partial charge in [-0.25, -0.2) is 0 Å². The number of ketones is 1. The Morgan fingerprint density at radius 2 is 1.04 bits per heavy atom. The van der Waals surface area contributed by atoms with Crippen LogP contribution in [0.1, 0.15) is 25.7 Å². The van der Waals surface area contributed by atoms with Crippen molar-refractivity contribution in [2.45, 2.75) is 49.9 Å². The molecule has 2 aliphatic heterocycles. The Balaban J connectivity index is 1.32. The molecule has 0 N–H and O–H groups in total. The number of Topliss-reactive ketones (excluding diaryl/α,β-unsaturated/α-hetero) is 1. The summed E-state index contributed by atoms with van der Waals surface area (Å²) in [5, 5.41) is 0. The van der Waals surface area contributed by atoms with Crippen LogP contribution >= 0.6 is 23.2 Å². The summed E-state index contributed by atoms with van der Waals surface area (Å²) >= 11 is 12.5. The molecule has 0 bridgehead atoms. The van der Waals surface area contributed by atoms with Crippen LogP contribution in [-0.4, -0.2) is 114 Å². The van der Waals surface area contributed by atoms with Gasteiger partial charge in [0, 0.05) is 76.2 Å². The van der Waals surface area contributed by atoms with Crippen LogP contribution < -0.4 is 0 Å². The Morgan fingerprint density at radius 3 is 1.31 bits per heavy atom. The molecule has 4 aliphatic rings. The number of carbonyl (C=O) groups excluding carboxylic acids is 1. The maximum atomic E-state index is 13.3.